The first kappa shape index (κ1) is 19.4. The summed E-state index contributed by atoms with van der Waals surface area (Å²) in [6.07, 6.45) is -1.04. The van der Waals surface area contributed by atoms with E-state index < -0.39 is 41.3 Å². The highest BCUT2D eigenvalue weighted by atomic mass is 32.1. The van der Waals surface area contributed by atoms with Crippen LogP contribution in [-0.2, 0) is 6.42 Å². The van der Waals surface area contributed by atoms with E-state index >= 15 is 4.39 Å². The number of nitrogens with zero attached hydrogens (tertiary/aromatic N) is 1. The summed E-state index contributed by atoms with van der Waals surface area (Å²) in [6, 6.07) is 1.14. The maximum absolute atomic E-state index is 15.2. The van der Waals surface area contributed by atoms with Gasteiger partial charge in [-0.2, -0.15) is 0 Å². The molecule has 30 heavy (non-hydrogen) atoms. The van der Waals surface area contributed by atoms with Crippen LogP contribution in [0.15, 0.2) is 15.7 Å². The molecule has 1 atom stereocenters. The first-order chi connectivity index (χ1) is 14.1. The monoisotopic (exact) mass is 438 g/mol. The molecule has 1 fully saturated rings. The molecule has 5 rings (SSSR count). The normalized spacial score (nSPS) is 20.5. The minimum atomic E-state index is -3.27. The van der Waals surface area contributed by atoms with Crippen molar-refractivity contribution in [3.63, 3.8) is 0 Å². The molecule has 0 amide bonds. The lowest BCUT2D eigenvalue weighted by molar-refractivity contribution is -0.121. The third kappa shape index (κ3) is 2.59. The van der Waals surface area contributed by atoms with Crippen LogP contribution in [0.4, 0.5) is 13.2 Å². The van der Waals surface area contributed by atoms with Crippen molar-refractivity contribution in [2.24, 2.45) is 0 Å². The number of aromatic nitrogens is 2. The zero-order chi connectivity index (χ0) is 21.5. The molecule has 0 bridgehead atoms. The lowest BCUT2D eigenvalue weighted by Gasteiger charge is -2.27. The molecular weight excluding hydrogens is 421 g/mol. The van der Waals surface area contributed by atoms with E-state index in [0.29, 0.717) is 17.7 Å². The number of phenolic OH excluding ortho intramolecular Hbond substituents is 1. The molecule has 2 aliphatic carbocycles. The number of aliphatic hydroxyl groups excluding tert-OH is 1. The van der Waals surface area contributed by atoms with Gasteiger partial charge in [-0.25, -0.2) is 18.0 Å². The lowest BCUT2D eigenvalue weighted by atomic mass is 9.91. The summed E-state index contributed by atoms with van der Waals surface area (Å²) in [6.45, 7) is 1.53. The van der Waals surface area contributed by atoms with Gasteiger partial charge >= 0.3 is 5.69 Å². The number of phenols is 1. The quantitative estimate of drug-likeness (QED) is 0.571. The molecule has 3 N–H and O–H groups in total. The van der Waals surface area contributed by atoms with Gasteiger partial charge in [-0.1, -0.05) is 0 Å². The van der Waals surface area contributed by atoms with Crippen LogP contribution in [0.3, 0.4) is 0 Å². The Kier molecular flexibility index (Phi) is 4.01. The minimum absolute atomic E-state index is 0.0372. The van der Waals surface area contributed by atoms with Gasteiger partial charge < -0.3 is 10.2 Å². The Hall–Kier alpha value is -2.59. The second-order valence-electron chi connectivity index (χ2n) is 7.90. The molecule has 0 saturated heterocycles. The number of thiophene rings is 1. The molecule has 1 saturated carbocycles. The molecule has 10 heteroatoms. The SMILES string of the molecule is Cc1c(-c2cc3c(s2)CCC(F)(F)C3O)c(F)c(O)c2c(=O)[nH]c(=O)n(C3CC3)c12. The predicted molar refractivity (Wildman–Crippen MR) is 105 cm³/mol. The van der Waals surface area contributed by atoms with E-state index in [0.717, 1.165) is 11.3 Å². The fraction of sp³-hybridized carbons (Fsp3) is 0.400. The van der Waals surface area contributed by atoms with Crippen LogP contribution >= 0.6 is 11.3 Å². The number of nitrogens with one attached hydrogen (secondary N) is 1. The third-order valence-electron chi connectivity index (χ3n) is 5.92. The number of aliphatic hydroxyl groups is 1. The maximum Gasteiger partial charge on any atom is 0.329 e. The Morgan fingerprint density at radius 1 is 1.30 bits per heavy atom. The smallest absolute Gasteiger partial charge is 0.329 e. The number of fused-ring (bicyclic) bond motifs is 2. The van der Waals surface area contributed by atoms with Crippen molar-refractivity contribution in [2.45, 2.75) is 50.7 Å². The number of aromatic amines is 1. The Bertz CT molecular complexity index is 1340. The van der Waals surface area contributed by atoms with Crippen molar-refractivity contribution >= 4 is 22.2 Å². The average molecular weight is 438 g/mol. The van der Waals surface area contributed by atoms with E-state index in [-0.39, 0.29) is 44.9 Å². The summed E-state index contributed by atoms with van der Waals surface area (Å²) < 4.78 is 44.4. The van der Waals surface area contributed by atoms with Crippen molar-refractivity contribution in [1.29, 1.82) is 0 Å². The van der Waals surface area contributed by atoms with Gasteiger partial charge in [-0.3, -0.25) is 14.3 Å². The lowest BCUT2D eigenvalue weighted by Crippen LogP contribution is -2.30. The van der Waals surface area contributed by atoms with Gasteiger partial charge in [0.25, 0.3) is 11.5 Å². The number of H-pyrrole nitrogens is 1. The number of hydrogen-bond donors (Lipinski definition) is 3. The molecule has 158 valence electrons. The van der Waals surface area contributed by atoms with Crippen LogP contribution < -0.4 is 11.2 Å². The van der Waals surface area contributed by atoms with E-state index in [2.05, 4.69) is 4.98 Å². The maximum atomic E-state index is 15.2. The van der Waals surface area contributed by atoms with Crippen molar-refractivity contribution in [3.8, 4) is 16.2 Å². The van der Waals surface area contributed by atoms with Gasteiger partial charge in [0.05, 0.1) is 5.52 Å². The predicted octanol–water partition coefficient (Wildman–Crippen LogP) is 3.52. The molecule has 2 aromatic heterocycles. The summed E-state index contributed by atoms with van der Waals surface area (Å²) in [7, 11) is 0. The Balaban J connectivity index is 1.83. The summed E-state index contributed by atoms with van der Waals surface area (Å²) >= 11 is 1.06. The van der Waals surface area contributed by atoms with Gasteiger partial charge in [0.15, 0.2) is 11.6 Å². The number of rotatable bonds is 2. The van der Waals surface area contributed by atoms with Crippen molar-refractivity contribution in [1.82, 2.24) is 9.55 Å². The van der Waals surface area contributed by atoms with Crippen LogP contribution in [0.1, 0.15) is 47.4 Å². The zero-order valence-electron chi connectivity index (χ0n) is 15.8. The summed E-state index contributed by atoms with van der Waals surface area (Å²) in [5.74, 6) is -5.23. The first-order valence-electron chi connectivity index (χ1n) is 9.50. The first-order valence-corrected chi connectivity index (χ1v) is 10.3. The minimum Gasteiger partial charge on any atom is -0.504 e. The van der Waals surface area contributed by atoms with E-state index in [1.807, 2.05) is 0 Å². The highest BCUT2D eigenvalue weighted by Crippen LogP contribution is 2.49. The topological polar surface area (TPSA) is 95.3 Å². The summed E-state index contributed by atoms with van der Waals surface area (Å²) in [4.78, 5) is 27.6. The van der Waals surface area contributed by atoms with Gasteiger partial charge in [-0.15, -0.1) is 11.3 Å². The van der Waals surface area contributed by atoms with E-state index in [1.54, 1.807) is 0 Å². The number of aromatic hydroxyl groups is 1. The van der Waals surface area contributed by atoms with Gasteiger partial charge in [-0.05, 0) is 37.8 Å². The van der Waals surface area contributed by atoms with Crippen molar-refractivity contribution < 1.29 is 23.4 Å². The number of aryl methyl sites for hydroxylation is 2. The van der Waals surface area contributed by atoms with Gasteiger partial charge in [0.1, 0.15) is 11.5 Å². The fourth-order valence-electron chi connectivity index (χ4n) is 4.26. The molecule has 3 aromatic rings. The molecule has 1 unspecified atom stereocenters. The van der Waals surface area contributed by atoms with Crippen LogP contribution in [0.2, 0.25) is 0 Å². The van der Waals surface area contributed by atoms with Gasteiger partial charge in [0.2, 0.25) is 0 Å². The van der Waals surface area contributed by atoms with E-state index in [1.165, 1.54) is 17.6 Å². The molecular formula is C20H17F3N2O4S. The van der Waals surface area contributed by atoms with Crippen molar-refractivity contribution in [3.05, 3.63) is 48.7 Å². The summed E-state index contributed by atoms with van der Waals surface area (Å²) in [5, 5.41) is 20.2. The Morgan fingerprint density at radius 2 is 2.00 bits per heavy atom. The van der Waals surface area contributed by atoms with E-state index in [4.69, 9.17) is 0 Å². The van der Waals surface area contributed by atoms with Gasteiger partial charge in [0, 0.05) is 33.3 Å². The Morgan fingerprint density at radius 3 is 2.67 bits per heavy atom. The Labute approximate surface area is 171 Å². The average Bonchev–Trinajstić information content (AvgIpc) is 3.41. The third-order valence-corrected chi connectivity index (χ3v) is 7.15. The molecule has 2 heterocycles. The molecule has 2 aliphatic rings. The number of alkyl halides is 2. The highest BCUT2D eigenvalue weighted by Gasteiger charge is 2.44. The standard InChI is InChI=1S/C20H17F3N2O4S/c1-7-12(11-6-9-10(30-11)4-5-20(22,23)17(9)27)14(21)16(26)13-15(7)25(8-2-3-8)19(29)24-18(13)28/h6,8,17,26-27H,2-5H2,1H3,(H,24,28,29). The van der Waals surface area contributed by atoms with E-state index in [9.17, 15) is 28.6 Å². The molecule has 0 aliphatic heterocycles. The number of halogens is 3. The van der Waals surface area contributed by atoms with Crippen LogP contribution in [0.25, 0.3) is 21.3 Å². The van der Waals surface area contributed by atoms with Crippen LogP contribution in [0.5, 0.6) is 5.75 Å². The molecule has 0 radical (unpaired) electrons. The molecule has 6 nitrogen and oxygen atoms in total. The second kappa shape index (κ2) is 6.21. The molecule has 1 aromatic carbocycles. The largest absolute Gasteiger partial charge is 0.504 e. The van der Waals surface area contributed by atoms with Crippen LogP contribution in [0, 0.1) is 12.7 Å². The van der Waals surface area contributed by atoms with Crippen LogP contribution in [-0.4, -0.2) is 25.7 Å². The number of hydrogen-bond acceptors (Lipinski definition) is 5. The summed E-state index contributed by atoms with van der Waals surface area (Å²) in [5.41, 5.74) is -1.16. The molecule has 0 spiro atoms. The zero-order valence-corrected chi connectivity index (χ0v) is 16.6. The number of benzene rings is 1. The fourth-order valence-corrected chi connectivity index (χ4v) is 5.55. The van der Waals surface area contributed by atoms with Crippen molar-refractivity contribution in [2.75, 3.05) is 0 Å². The highest BCUT2D eigenvalue weighted by molar-refractivity contribution is 7.15. The second-order valence-corrected chi connectivity index (χ2v) is 9.04.